The van der Waals surface area contributed by atoms with Crippen molar-refractivity contribution < 1.29 is 14.6 Å². The van der Waals surface area contributed by atoms with Crippen molar-refractivity contribution in [2.75, 3.05) is 6.54 Å². The fraction of sp³-hybridized carbons (Fsp3) is 0.273. The van der Waals surface area contributed by atoms with Gasteiger partial charge < -0.3 is 14.8 Å². The molecule has 1 atom stereocenters. The van der Waals surface area contributed by atoms with Crippen LogP contribution < -0.4 is 4.74 Å². The van der Waals surface area contributed by atoms with Crippen molar-refractivity contribution in [1.29, 1.82) is 0 Å². The van der Waals surface area contributed by atoms with E-state index in [4.69, 9.17) is 4.74 Å². The molecule has 2 aromatic carbocycles. The summed E-state index contributed by atoms with van der Waals surface area (Å²) >= 11 is 0. The summed E-state index contributed by atoms with van der Waals surface area (Å²) in [6.07, 6.45) is 1.54. The predicted octanol–water partition coefficient (Wildman–Crippen LogP) is 4.28. The molecule has 0 aliphatic carbocycles. The van der Waals surface area contributed by atoms with E-state index in [-0.39, 0.29) is 5.41 Å². The molecule has 0 saturated heterocycles. The molecule has 5 nitrogen and oxygen atoms in total. The first-order valence-electron chi connectivity index (χ1n) is 9.01. The zero-order valence-electron chi connectivity index (χ0n) is 15.4. The summed E-state index contributed by atoms with van der Waals surface area (Å²) in [5.74, 6) is -0.909. The number of aromatic amines is 1. The molecule has 1 unspecified atom stereocenters. The Morgan fingerprint density at radius 2 is 2.04 bits per heavy atom. The highest BCUT2D eigenvalue weighted by atomic mass is 16.5. The number of nitrogens with one attached hydrogen (secondary N) is 1. The molecule has 2 heterocycles. The van der Waals surface area contributed by atoms with Gasteiger partial charge >= 0.3 is 5.97 Å². The molecule has 0 radical (unpaired) electrons. The average Bonchev–Trinajstić information content (AvgIpc) is 2.97. The van der Waals surface area contributed by atoms with Gasteiger partial charge in [0, 0.05) is 40.8 Å². The predicted molar refractivity (Wildman–Crippen MR) is 106 cm³/mol. The maximum atomic E-state index is 11.7. The minimum atomic E-state index is -0.898. The fourth-order valence-electron chi connectivity index (χ4n) is 3.72. The van der Waals surface area contributed by atoms with E-state index in [2.05, 4.69) is 23.8 Å². The molecular weight excluding hydrogens is 340 g/mol. The molecule has 27 heavy (non-hydrogen) atoms. The highest BCUT2D eigenvalue weighted by molar-refractivity contribution is 5.99. The smallest absolute Gasteiger partial charge is 0.318 e. The number of carboxylic acid groups (broad SMARTS) is 1. The molecule has 5 heteroatoms. The largest absolute Gasteiger partial charge is 0.489 e. The Morgan fingerprint density at radius 3 is 2.78 bits per heavy atom. The number of fused-ring (bicyclic) bond motifs is 3. The Kier molecular flexibility index (Phi) is 4.22. The van der Waals surface area contributed by atoms with Crippen molar-refractivity contribution in [2.45, 2.75) is 31.8 Å². The lowest BCUT2D eigenvalue weighted by Gasteiger charge is -2.23. The van der Waals surface area contributed by atoms with E-state index >= 15 is 0 Å². The molecule has 2 N–H and O–H groups in total. The molecule has 4 rings (SSSR count). The molecule has 1 aliphatic rings. The lowest BCUT2D eigenvalue weighted by atomic mass is 9.81. The topological polar surface area (TPSA) is 74.7 Å². The van der Waals surface area contributed by atoms with Crippen LogP contribution in [0, 0.1) is 0 Å². The SMILES string of the molecule is CC1(C)CN=CC(C(=O)O)c2[nH]c3cc(OCc4ccccc4)ccc3c21. The number of H-pyrrole nitrogens is 1. The number of aliphatic carboxylic acids is 1. The molecule has 0 bridgehead atoms. The number of aliphatic imine (C=N–C) groups is 1. The van der Waals surface area contributed by atoms with Crippen LogP contribution in [0.1, 0.15) is 36.6 Å². The normalized spacial score (nSPS) is 18.1. The van der Waals surface area contributed by atoms with Gasteiger partial charge in [-0.1, -0.05) is 44.2 Å². The van der Waals surface area contributed by atoms with Gasteiger partial charge in [-0.15, -0.1) is 0 Å². The first-order chi connectivity index (χ1) is 13.0. The summed E-state index contributed by atoms with van der Waals surface area (Å²) in [4.78, 5) is 19.4. The number of ether oxygens (including phenoxy) is 1. The maximum absolute atomic E-state index is 11.7. The highest BCUT2D eigenvalue weighted by Gasteiger charge is 2.35. The van der Waals surface area contributed by atoms with Gasteiger partial charge in [0.15, 0.2) is 0 Å². The van der Waals surface area contributed by atoms with Gasteiger partial charge in [0.1, 0.15) is 18.3 Å². The average molecular weight is 362 g/mol. The van der Waals surface area contributed by atoms with E-state index < -0.39 is 11.9 Å². The minimum Gasteiger partial charge on any atom is -0.489 e. The van der Waals surface area contributed by atoms with E-state index in [0.29, 0.717) is 18.8 Å². The van der Waals surface area contributed by atoms with Gasteiger partial charge in [-0.05, 0) is 23.3 Å². The van der Waals surface area contributed by atoms with Crippen LogP contribution in [-0.4, -0.2) is 28.8 Å². The van der Waals surface area contributed by atoms with Gasteiger partial charge in [0.25, 0.3) is 0 Å². The van der Waals surface area contributed by atoms with Gasteiger partial charge in [0.05, 0.1) is 0 Å². The number of carbonyl (C=O) groups is 1. The van der Waals surface area contributed by atoms with Crippen molar-refractivity contribution in [2.24, 2.45) is 4.99 Å². The van der Waals surface area contributed by atoms with Crippen LogP contribution >= 0.6 is 0 Å². The molecule has 0 amide bonds. The second kappa shape index (κ2) is 6.58. The number of benzene rings is 2. The van der Waals surface area contributed by atoms with Crippen LogP contribution in [0.2, 0.25) is 0 Å². The second-order valence-electron chi connectivity index (χ2n) is 7.58. The van der Waals surface area contributed by atoms with Crippen molar-refractivity contribution in [3.63, 3.8) is 0 Å². The molecular formula is C22H22N2O3. The van der Waals surface area contributed by atoms with E-state index in [1.165, 1.54) is 6.21 Å². The first kappa shape index (κ1) is 17.3. The number of carboxylic acids is 1. The number of rotatable bonds is 4. The number of nitrogens with zero attached hydrogens (tertiary/aromatic N) is 1. The van der Waals surface area contributed by atoms with Crippen molar-refractivity contribution in [1.82, 2.24) is 4.98 Å². The number of hydrogen-bond donors (Lipinski definition) is 2. The van der Waals surface area contributed by atoms with Crippen LogP contribution in [0.3, 0.4) is 0 Å². The Labute approximate surface area is 157 Å². The highest BCUT2D eigenvalue weighted by Crippen LogP contribution is 2.39. The van der Waals surface area contributed by atoms with Gasteiger partial charge in [-0.3, -0.25) is 9.79 Å². The number of aromatic nitrogens is 1. The quantitative estimate of drug-likeness (QED) is 0.727. The standard InChI is InChI=1S/C22H22N2O3/c1-22(2)13-23-11-17(21(25)26)20-19(22)16-9-8-15(10-18(16)24-20)27-12-14-6-4-3-5-7-14/h3-11,17,24H,12-13H2,1-2H3,(H,25,26). The Hall–Kier alpha value is -3.08. The molecule has 0 saturated carbocycles. The number of hydrogen-bond acceptors (Lipinski definition) is 3. The summed E-state index contributed by atoms with van der Waals surface area (Å²) in [6.45, 7) is 5.24. The van der Waals surface area contributed by atoms with E-state index in [9.17, 15) is 9.90 Å². The second-order valence-corrected chi connectivity index (χ2v) is 7.58. The lowest BCUT2D eigenvalue weighted by molar-refractivity contribution is -0.137. The van der Waals surface area contributed by atoms with Crippen molar-refractivity contribution >= 4 is 23.1 Å². The third kappa shape index (κ3) is 3.21. The van der Waals surface area contributed by atoms with Gasteiger partial charge in [-0.2, -0.15) is 0 Å². The van der Waals surface area contributed by atoms with E-state index in [1.807, 2.05) is 48.5 Å². The minimum absolute atomic E-state index is 0.249. The first-order valence-corrected chi connectivity index (χ1v) is 9.01. The molecule has 1 aromatic heterocycles. The van der Waals surface area contributed by atoms with Gasteiger partial charge in [0.2, 0.25) is 0 Å². The molecule has 138 valence electrons. The molecule has 1 aliphatic heterocycles. The Balaban J connectivity index is 1.73. The zero-order valence-corrected chi connectivity index (χ0v) is 15.4. The zero-order chi connectivity index (χ0) is 19.0. The third-order valence-electron chi connectivity index (χ3n) is 5.04. The summed E-state index contributed by atoms with van der Waals surface area (Å²) in [6, 6.07) is 15.9. The van der Waals surface area contributed by atoms with Crippen molar-refractivity contribution in [3.8, 4) is 5.75 Å². The maximum Gasteiger partial charge on any atom is 0.318 e. The van der Waals surface area contributed by atoms with E-state index in [1.54, 1.807) is 0 Å². The Morgan fingerprint density at radius 1 is 1.26 bits per heavy atom. The monoisotopic (exact) mass is 362 g/mol. The summed E-state index contributed by atoms with van der Waals surface area (Å²) < 4.78 is 5.92. The van der Waals surface area contributed by atoms with Crippen LogP contribution in [-0.2, 0) is 16.8 Å². The third-order valence-corrected chi connectivity index (χ3v) is 5.04. The summed E-state index contributed by atoms with van der Waals surface area (Å²) in [5.41, 5.74) is 3.48. The van der Waals surface area contributed by atoms with Crippen LogP contribution in [0.4, 0.5) is 0 Å². The van der Waals surface area contributed by atoms with Gasteiger partial charge in [-0.25, -0.2) is 0 Å². The summed E-state index contributed by atoms with van der Waals surface area (Å²) in [5, 5.41) is 10.7. The fourth-order valence-corrected chi connectivity index (χ4v) is 3.72. The Bertz CT molecular complexity index is 1020. The van der Waals surface area contributed by atoms with Crippen LogP contribution in [0.25, 0.3) is 10.9 Å². The van der Waals surface area contributed by atoms with E-state index in [0.717, 1.165) is 27.8 Å². The molecule has 0 fully saturated rings. The van der Waals surface area contributed by atoms with Crippen LogP contribution in [0.5, 0.6) is 5.75 Å². The lowest BCUT2D eigenvalue weighted by Crippen LogP contribution is -2.22. The summed E-state index contributed by atoms with van der Waals surface area (Å²) in [7, 11) is 0. The molecule has 0 spiro atoms. The van der Waals surface area contributed by atoms with Crippen molar-refractivity contribution in [3.05, 3.63) is 65.4 Å². The molecule has 3 aromatic rings. The van der Waals surface area contributed by atoms with Crippen LogP contribution in [0.15, 0.2) is 53.5 Å².